The number of amides is 1. The third kappa shape index (κ3) is 5.77. The Labute approximate surface area is 161 Å². The second-order valence-corrected chi connectivity index (χ2v) is 6.26. The van der Waals surface area contributed by atoms with Gasteiger partial charge in [0.15, 0.2) is 18.1 Å². The fourth-order valence-electron chi connectivity index (χ4n) is 2.20. The Morgan fingerprint density at radius 3 is 2.73 bits per heavy atom. The highest BCUT2D eigenvalue weighted by Gasteiger charge is 2.06. The highest BCUT2D eigenvalue weighted by Crippen LogP contribution is 2.26. The summed E-state index contributed by atoms with van der Waals surface area (Å²) in [5, 5.41) is 13.6. The van der Waals surface area contributed by atoms with Crippen LogP contribution < -0.4 is 14.9 Å². The van der Waals surface area contributed by atoms with Crippen molar-refractivity contribution in [2.24, 2.45) is 5.10 Å². The first kappa shape index (κ1) is 19.8. The number of ether oxygens (including phenoxy) is 2. The topological polar surface area (TPSA) is 80.2 Å². The molecule has 0 unspecified atom stereocenters. The summed E-state index contributed by atoms with van der Waals surface area (Å²) < 4.78 is 11.8. The Balaban J connectivity index is 1.89. The van der Waals surface area contributed by atoms with E-state index in [1.165, 1.54) is 12.3 Å². The van der Waals surface area contributed by atoms with Gasteiger partial charge in [-0.2, -0.15) is 5.10 Å². The molecule has 138 valence electrons. The van der Waals surface area contributed by atoms with Crippen LogP contribution in [0.15, 0.2) is 46.0 Å². The highest BCUT2D eigenvalue weighted by molar-refractivity contribution is 9.10. The number of hydrogen-bond donors (Lipinski definition) is 2. The fourth-order valence-corrected chi connectivity index (χ4v) is 2.61. The van der Waals surface area contributed by atoms with Crippen LogP contribution in [0.1, 0.15) is 25.0 Å². The first-order valence-corrected chi connectivity index (χ1v) is 9.01. The lowest BCUT2D eigenvalue weighted by Gasteiger charge is -2.10. The predicted molar refractivity (Wildman–Crippen MR) is 104 cm³/mol. The zero-order chi connectivity index (χ0) is 18.9. The van der Waals surface area contributed by atoms with Crippen LogP contribution in [0.4, 0.5) is 0 Å². The summed E-state index contributed by atoms with van der Waals surface area (Å²) in [5.74, 6) is 0.737. The lowest BCUT2D eigenvalue weighted by atomic mass is 10.1. The number of phenolic OH excluding ortho intramolecular Hbond substituents is 1. The Morgan fingerprint density at radius 1 is 1.19 bits per heavy atom. The van der Waals surface area contributed by atoms with Gasteiger partial charge in [0.25, 0.3) is 5.91 Å². The largest absolute Gasteiger partial charge is 0.504 e. The summed E-state index contributed by atoms with van der Waals surface area (Å²) in [7, 11) is 0. The predicted octanol–water partition coefficient (Wildman–Crippen LogP) is 3.64. The quantitative estimate of drug-likeness (QED) is 0.504. The van der Waals surface area contributed by atoms with Crippen molar-refractivity contribution in [1.29, 1.82) is 0 Å². The summed E-state index contributed by atoms with van der Waals surface area (Å²) in [6.07, 6.45) is 2.27. The average molecular weight is 421 g/mol. The summed E-state index contributed by atoms with van der Waals surface area (Å²) in [5.41, 5.74) is 4.11. The molecular weight excluding hydrogens is 400 g/mol. The van der Waals surface area contributed by atoms with Crippen LogP contribution in [-0.4, -0.2) is 30.4 Å². The van der Waals surface area contributed by atoms with Crippen molar-refractivity contribution >= 4 is 28.1 Å². The molecule has 0 saturated heterocycles. The molecule has 0 radical (unpaired) electrons. The van der Waals surface area contributed by atoms with Gasteiger partial charge in [0.05, 0.1) is 12.8 Å². The fraction of sp³-hybridized carbons (Fsp3) is 0.263. The standard InChI is InChI=1S/C19H21BrN2O4/c1-3-14-10-15(20)6-8-17(14)26-12-19(24)22-21-11-13-5-7-16(23)18(9-13)25-4-2/h5-11,23H,3-4,12H2,1-2H3,(H,22,24)/b21-11+. The summed E-state index contributed by atoms with van der Waals surface area (Å²) >= 11 is 3.41. The molecule has 0 atom stereocenters. The van der Waals surface area contributed by atoms with Crippen molar-refractivity contribution in [3.8, 4) is 17.2 Å². The Kier molecular flexibility index (Phi) is 7.47. The molecule has 26 heavy (non-hydrogen) atoms. The summed E-state index contributed by atoms with van der Waals surface area (Å²) in [4.78, 5) is 11.9. The van der Waals surface area contributed by atoms with Crippen LogP contribution in [0.3, 0.4) is 0 Å². The van der Waals surface area contributed by atoms with Crippen LogP contribution in [0, 0.1) is 0 Å². The van der Waals surface area contributed by atoms with Gasteiger partial charge < -0.3 is 14.6 Å². The number of benzene rings is 2. The molecule has 2 N–H and O–H groups in total. The van der Waals surface area contributed by atoms with E-state index < -0.39 is 0 Å². The van der Waals surface area contributed by atoms with E-state index in [1.807, 2.05) is 32.0 Å². The molecule has 0 aliphatic carbocycles. The number of hydrogen-bond acceptors (Lipinski definition) is 5. The lowest BCUT2D eigenvalue weighted by Crippen LogP contribution is -2.24. The van der Waals surface area contributed by atoms with Crippen molar-refractivity contribution in [3.05, 3.63) is 52.0 Å². The van der Waals surface area contributed by atoms with Gasteiger partial charge in [-0.15, -0.1) is 0 Å². The van der Waals surface area contributed by atoms with E-state index in [4.69, 9.17) is 9.47 Å². The zero-order valence-corrected chi connectivity index (χ0v) is 16.2. The summed E-state index contributed by atoms with van der Waals surface area (Å²) in [6, 6.07) is 10.5. The Morgan fingerprint density at radius 2 is 2.00 bits per heavy atom. The molecule has 0 aliphatic rings. The minimum atomic E-state index is -0.366. The van der Waals surface area contributed by atoms with Crippen molar-refractivity contribution < 1.29 is 19.4 Å². The minimum Gasteiger partial charge on any atom is -0.504 e. The summed E-state index contributed by atoms with van der Waals surface area (Å²) in [6.45, 7) is 4.16. The highest BCUT2D eigenvalue weighted by atomic mass is 79.9. The third-order valence-corrected chi connectivity index (χ3v) is 3.94. The number of carbonyl (C=O) groups excluding carboxylic acids is 1. The average Bonchev–Trinajstić information content (AvgIpc) is 2.63. The number of aryl methyl sites for hydroxylation is 1. The van der Waals surface area contributed by atoms with Crippen LogP contribution in [0.25, 0.3) is 0 Å². The number of phenols is 1. The molecule has 0 aromatic heterocycles. The molecule has 2 aromatic rings. The lowest BCUT2D eigenvalue weighted by molar-refractivity contribution is -0.123. The monoisotopic (exact) mass is 420 g/mol. The Bertz CT molecular complexity index is 793. The number of aromatic hydroxyl groups is 1. The first-order valence-electron chi connectivity index (χ1n) is 8.22. The normalized spacial score (nSPS) is 10.7. The number of rotatable bonds is 8. The first-order chi connectivity index (χ1) is 12.5. The third-order valence-electron chi connectivity index (χ3n) is 3.45. The van der Waals surface area contributed by atoms with Gasteiger partial charge in [-0.25, -0.2) is 5.43 Å². The maximum Gasteiger partial charge on any atom is 0.277 e. The molecule has 0 fully saturated rings. The number of hydrazone groups is 1. The maximum atomic E-state index is 11.9. The van der Waals surface area contributed by atoms with Gasteiger partial charge in [-0.1, -0.05) is 22.9 Å². The van der Waals surface area contributed by atoms with E-state index >= 15 is 0 Å². The maximum absolute atomic E-state index is 11.9. The molecule has 0 bridgehead atoms. The van der Waals surface area contributed by atoms with Gasteiger partial charge in [-0.05, 0) is 60.9 Å². The van der Waals surface area contributed by atoms with Crippen molar-refractivity contribution in [1.82, 2.24) is 5.43 Å². The Hall–Kier alpha value is -2.54. The molecule has 0 saturated carbocycles. The van der Waals surface area contributed by atoms with E-state index in [9.17, 15) is 9.90 Å². The number of carbonyl (C=O) groups is 1. The zero-order valence-electron chi connectivity index (χ0n) is 14.7. The molecule has 2 rings (SSSR count). The number of nitrogens with one attached hydrogen (secondary N) is 1. The van der Waals surface area contributed by atoms with Gasteiger partial charge in [0.1, 0.15) is 5.75 Å². The van der Waals surface area contributed by atoms with Gasteiger partial charge >= 0.3 is 0 Å². The van der Waals surface area contributed by atoms with Crippen LogP contribution >= 0.6 is 15.9 Å². The van der Waals surface area contributed by atoms with E-state index in [1.54, 1.807) is 12.1 Å². The van der Waals surface area contributed by atoms with E-state index in [0.29, 0.717) is 23.7 Å². The molecule has 0 heterocycles. The molecule has 2 aromatic carbocycles. The van der Waals surface area contributed by atoms with Gasteiger partial charge in [0, 0.05) is 4.47 Å². The van der Waals surface area contributed by atoms with Crippen LogP contribution in [-0.2, 0) is 11.2 Å². The van der Waals surface area contributed by atoms with E-state index in [0.717, 1.165) is 16.5 Å². The second-order valence-electron chi connectivity index (χ2n) is 5.35. The van der Waals surface area contributed by atoms with Gasteiger partial charge in [-0.3, -0.25) is 4.79 Å². The van der Waals surface area contributed by atoms with E-state index in [-0.39, 0.29) is 18.3 Å². The van der Waals surface area contributed by atoms with Gasteiger partial charge in [0.2, 0.25) is 0 Å². The molecule has 7 heteroatoms. The van der Waals surface area contributed by atoms with Crippen molar-refractivity contribution in [2.45, 2.75) is 20.3 Å². The molecule has 6 nitrogen and oxygen atoms in total. The molecule has 0 aliphatic heterocycles. The van der Waals surface area contributed by atoms with E-state index in [2.05, 4.69) is 26.5 Å². The number of nitrogens with zero attached hydrogens (tertiary/aromatic N) is 1. The molecule has 1 amide bonds. The number of halogens is 1. The smallest absolute Gasteiger partial charge is 0.277 e. The molecular formula is C19H21BrN2O4. The van der Waals surface area contributed by atoms with Crippen LogP contribution in [0.2, 0.25) is 0 Å². The second kappa shape index (κ2) is 9.82. The molecule has 0 spiro atoms. The minimum absolute atomic E-state index is 0.0580. The van der Waals surface area contributed by atoms with Crippen LogP contribution in [0.5, 0.6) is 17.2 Å². The van der Waals surface area contributed by atoms with Crippen molar-refractivity contribution in [2.75, 3.05) is 13.2 Å². The SMILES string of the molecule is CCOc1cc(/C=N/NC(=O)COc2ccc(Br)cc2CC)ccc1O. The van der Waals surface area contributed by atoms with Crippen molar-refractivity contribution in [3.63, 3.8) is 0 Å².